The van der Waals surface area contributed by atoms with E-state index >= 15 is 0 Å². The molecule has 0 aliphatic heterocycles. The lowest BCUT2D eigenvalue weighted by molar-refractivity contribution is -0.384. The monoisotopic (exact) mass is 469 g/mol. The molecule has 0 fully saturated rings. The number of nitrogens with zero attached hydrogens (tertiary/aromatic N) is 3. The molecule has 0 spiro atoms. The lowest BCUT2D eigenvalue weighted by Gasteiger charge is -2.09. The van der Waals surface area contributed by atoms with Crippen LogP contribution < -0.4 is 0 Å². The van der Waals surface area contributed by atoms with E-state index in [2.05, 4.69) is 45.4 Å². The Morgan fingerprint density at radius 1 is 1.19 bits per heavy atom. The zero-order valence-electron chi connectivity index (χ0n) is 14.8. The van der Waals surface area contributed by atoms with Crippen LogP contribution in [0.4, 0.5) is 5.69 Å². The van der Waals surface area contributed by atoms with Gasteiger partial charge in [0.15, 0.2) is 0 Å². The number of halogens is 1. The van der Waals surface area contributed by atoms with Gasteiger partial charge in [-0.2, -0.15) is 5.26 Å². The number of nitriles is 1. The summed E-state index contributed by atoms with van der Waals surface area (Å²) < 4.78 is 3.29. The van der Waals surface area contributed by atoms with Crippen molar-refractivity contribution in [1.29, 1.82) is 5.26 Å². The highest BCUT2D eigenvalue weighted by Gasteiger charge is 2.13. The van der Waals surface area contributed by atoms with Crippen LogP contribution in [0.1, 0.15) is 22.5 Å². The second-order valence-electron chi connectivity index (χ2n) is 6.12. The Kier molecular flexibility index (Phi) is 5.42. The first kappa shape index (κ1) is 18.9. The minimum Gasteiger partial charge on any atom is -0.318 e. The maximum atomic E-state index is 11.0. The summed E-state index contributed by atoms with van der Waals surface area (Å²) in [5, 5.41) is 20.6. The lowest BCUT2D eigenvalue weighted by Crippen LogP contribution is -1.99. The third kappa shape index (κ3) is 3.93. The van der Waals surface area contributed by atoms with Gasteiger partial charge in [-0.15, -0.1) is 0 Å². The molecule has 3 rings (SSSR count). The molecule has 134 valence electrons. The van der Waals surface area contributed by atoms with E-state index in [1.165, 1.54) is 12.1 Å². The van der Waals surface area contributed by atoms with E-state index < -0.39 is 4.92 Å². The Balaban J connectivity index is 2.07. The van der Waals surface area contributed by atoms with Crippen molar-refractivity contribution in [2.45, 2.75) is 13.8 Å². The molecule has 0 unspecified atom stereocenters. The molecule has 1 aromatic heterocycles. The SMILES string of the molecule is Cc1cc(C=C(C#N)c2cccc([N+](=O)[O-])c2)c(C)n1-c1ccc(I)cc1. The molecule has 6 heteroatoms. The first-order chi connectivity index (χ1) is 12.9. The normalized spacial score (nSPS) is 11.3. The van der Waals surface area contributed by atoms with Crippen molar-refractivity contribution in [3.8, 4) is 11.8 Å². The van der Waals surface area contributed by atoms with E-state index in [1.807, 2.05) is 32.0 Å². The predicted molar refractivity (Wildman–Crippen MR) is 115 cm³/mol. The summed E-state index contributed by atoms with van der Waals surface area (Å²) in [7, 11) is 0. The van der Waals surface area contributed by atoms with Crippen molar-refractivity contribution in [1.82, 2.24) is 4.57 Å². The van der Waals surface area contributed by atoms with Crippen molar-refractivity contribution >= 4 is 39.9 Å². The van der Waals surface area contributed by atoms with Crippen molar-refractivity contribution in [3.05, 3.63) is 90.8 Å². The number of aromatic nitrogens is 1. The van der Waals surface area contributed by atoms with E-state index in [9.17, 15) is 15.4 Å². The molecule has 5 nitrogen and oxygen atoms in total. The number of nitro groups is 1. The summed E-state index contributed by atoms with van der Waals surface area (Å²) in [6.07, 6.45) is 1.78. The highest BCUT2D eigenvalue weighted by atomic mass is 127. The maximum absolute atomic E-state index is 11.0. The number of hydrogen-bond donors (Lipinski definition) is 0. The van der Waals surface area contributed by atoms with Crippen LogP contribution in [0.2, 0.25) is 0 Å². The van der Waals surface area contributed by atoms with Crippen LogP contribution in [-0.2, 0) is 0 Å². The fourth-order valence-electron chi connectivity index (χ4n) is 3.04. The molecule has 0 aliphatic carbocycles. The van der Waals surface area contributed by atoms with Crippen LogP contribution in [0.5, 0.6) is 0 Å². The molecule has 0 aliphatic rings. The van der Waals surface area contributed by atoms with Crippen LogP contribution in [0, 0.1) is 38.9 Å². The minimum atomic E-state index is -0.457. The molecule has 1 heterocycles. The third-order valence-electron chi connectivity index (χ3n) is 4.34. The van der Waals surface area contributed by atoms with E-state index in [0.717, 1.165) is 26.2 Å². The summed E-state index contributed by atoms with van der Waals surface area (Å²) in [5.41, 5.74) is 4.92. The van der Waals surface area contributed by atoms with Crippen molar-refractivity contribution in [2.75, 3.05) is 0 Å². The summed E-state index contributed by atoms with van der Waals surface area (Å²) in [6, 6.07) is 18.5. The number of rotatable bonds is 4. The van der Waals surface area contributed by atoms with Crippen LogP contribution >= 0.6 is 22.6 Å². The van der Waals surface area contributed by atoms with Gasteiger partial charge >= 0.3 is 0 Å². The second kappa shape index (κ2) is 7.76. The molecular weight excluding hydrogens is 453 g/mol. The highest BCUT2D eigenvalue weighted by Crippen LogP contribution is 2.27. The van der Waals surface area contributed by atoms with Gasteiger partial charge in [0.05, 0.1) is 16.6 Å². The fourth-order valence-corrected chi connectivity index (χ4v) is 3.40. The second-order valence-corrected chi connectivity index (χ2v) is 7.36. The van der Waals surface area contributed by atoms with E-state index in [4.69, 9.17) is 0 Å². The molecule has 0 saturated carbocycles. The minimum absolute atomic E-state index is 0.0296. The Labute approximate surface area is 170 Å². The smallest absolute Gasteiger partial charge is 0.270 e. The maximum Gasteiger partial charge on any atom is 0.270 e. The van der Waals surface area contributed by atoms with Gasteiger partial charge in [-0.3, -0.25) is 10.1 Å². The molecule has 2 aromatic carbocycles. The number of benzene rings is 2. The number of aryl methyl sites for hydroxylation is 1. The fraction of sp³-hybridized carbons (Fsp3) is 0.0952. The van der Waals surface area contributed by atoms with Gasteiger partial charge in [-0.25, -0.2) is 0 Å². The van der Waals surface area contributed by atoms with Crippen LogP contribution in [0.15, 0.2) is 54.6 Å². The van der Waals surface area contributed by atoms with Gasteiger partial charge in [0.25, 0.3) is 5.69 Å². The Hall–Kier alpha value is -2.92. The quantitative estimate of drug-likeness (QED) is 0.214. The zero-order valence-corrected chi connectivity index (χ0v) is 17.0. The zero-order chi connectivity index (χ0) is 19.6. The molecular formula is C21H16IN3O2. The van der Waals surface area contributed by atoms with Crippen LogP contribution in [0.3, 0.4) is 0 Å². The van der Waals surface area contributed by atoms with Gasteiger partial charge in [0.1, 0.15) is 0 Å². The number of allylic oxidation sites excluding steroid dienone is 1. The first-order valence-corrected chi connectivity index (χ1v) is 9.30. The summed E-state index contributed by atoms with van der Waals surface area (Å²) in [5.74, 6) is 0. The van der Waals surface area contributed by atoms with E-state index in [0.29, 0.717) is 11.1 Å². The van der Waals surface area contributed by atoms with Crippen molar-refractivity contribution in [3.63, 3.8) is 0 Å². The average molecular weight is 469 g/mol. The molecule has 0 bridgehead atoms. The van der Waals surface area contributed by atoms with Gasteiger partial charge in [0.2, 0.25) is 0 Å². The highest BCUT2D eigenvalue weighted by molar-refractivity contribution is 14.1. The summed E-state index contributed by atoms with van der Waals surface area (Å²) >= 11 is 2.27. The molecule has 0 N–H and O–H groups in total. The largest absolute Gasteiger partial charge is 0.318 e. The molecule has 0 radical (unpaired) electrons. The number of nitro benzene ring substituents is 1. The standard InChI is InChI=1S/C21H16IN3O2/c1-14-10-17(15(2)24(14)20-8-6-19(22)7-9-20)11-18(13-23)16-4-3-5-21(12-16)25(26)27/h3-12H,1-2H3. The number of hydrogen-bond acceptors (Lipinski definition) is 3. The van der Waals surface area contributed by atoms with Gasteiger partial charge in [-0.1, -0.05) is 12.1 Å². The molecule has 27 heavy (non-hydrogen) atoms. The Morgan fingerprint density at radius 2 is 1.89 bits per heavy atom. The van der Waals surface area contributed by atoms with E-state index in [-0.39, 0.29) is 5.69 Å². The molecule has 3 aromatic rings. The lowest BCUT2D eigenvalue weighted by atomic mass is 10.0. The third-order valence-corrected chi connectivity index (χ3v) is 5.06. The summed E-state index contributed by atoms with van der Waals surface area (Å²) in [4.78, 5) is 10.5. The summed E-state index contributed by atoms with van der Waals surface area (Å²) in [6.45, 7) is 4.01. The topological polar surface area (TPSA) is 71.9 Å². The van der Waals surface area contributed by atoms with E-state index in [1.54, 1.807) is 18.2 Å². The van der Waals surface area contributed by atoms with Crippen LogP contribution in [-0.4, -0.2) is 9.49 Å². The van der Waals surface area contributed by atoms with Gasteiger partial charge in [-0.05, 0) is 84.0 Å². The van der Waals surface area contributed by atoms with Crippen molar-refractivity contribution in [2.24, 2.45) is 0 Å². The molecule has 0 amide bonds. The van der Waals surface area contributed by atoms with Crippen LogP contribution in [0.25, 0.3) is 17.3 Å². The molecule has 0 saturated heterocycles. The molecule has 0 atom stereocenters. The Bertz CT molecular complexity index is 1090. The number of non-ortho nitro benzene ring substituents is 1. The predicted octanol–water partition coefficient (Wildman–Crippen LogP) is 5.67. The first-order valence-electron chi connectivity index (χ1n) is 8.22. The average Bonchev–Trinajstić information content (AvgIpc) is 2.94. The Morgan fingerprint density at radius 3 is 2.52 bits per heavy atom. The van der Waals surface area contributed by atoms with Gasteiger partial charge in [0, 0.05) is 32.8 Å². The van der Waals surface area contributed by atoms with Crippen molar-refractivity contribution < 1.29 is 4.92 Å². The van der Waals surface area contributed by atoms with Gasteiger partial charge < -0.3 is 4.57 Å².